The van der Waals surface area contributed by atoms with Crippen molar-refractivity contribution in [2.24, 2.45) is 0 Å². The number of pyridine rings is 1. The van der Waals surface area contributed by atoms with E-state index in [0.29, 0.717) is 19.3 Å². The Balaban J connectivity index is 1.41. The number of hydrogen-bond acceptors (Lipinski definition) is 4. The SMILES string of the molecule is O=C(NC[C@@H]1OCCc2cn(Cc3ccccc3)nc21)c1ccc(C(F)(F)F)cn1. The van der Waals surface area contributed by atoms with Crippen LogP contribution in [0.3, 0.4) is 0 Å². The molecule has 0 saturated heterocycles. The minimum atomic E-state index is -4.49. The molecule has 1 atom stereocenters. The van der Waals surface area contributed by atoms with Gasteiger partial charge < -0.3 is 10.1 Å². The number of fused-ring (bicyclic) bond motifs is 1. The third-order valence-electron chi connectivity index (χ3n) is 4.82. The largest absolute Gasteiger partial charge is 0.417 e. The summed E-state index contributed by atoms with van der Waals surface area (Å²) in [6, 6.07) is 11.8. The van der Waals surface area contributed by atoms with Crippen LogP contribution in [0.2, 0.25) is 0 Å². The third kappa shape index (κ3) is 4.51. The third-order valence-corrected chi connectivity index (χ3v) is 4.82. The summed E-state index contributed by atoms with van der Waals surface area (Å²) in [4.78, 5) is 15.9. The van der Waals surface area contributed by atoms with E-state index in [4.69, 9.17) is 4.74 Å². The van der Waals surface area contributed by atoms with Crippen LogP contribution in [0.5, 0.6) is 0 Å². The van der Waals surface area contributed by atoms with E-state index in [9.17, 15) is 18.0 Å². The number of aromatic nitrogens is 3. The molecule has 30 heavy (non-hydrogen) atoms. The molecule has 4 rings (SSSR count). The number of carbonyl (C=O) groups excluding carboxylic acids is 1. The number of halogens is 3. The van der Waals surface area contributed by atoms with Gasteiger partial charge in [-0.05, 0) is 29.7 Å². The molecule has 0 aliphatic carbocycles. The lowest BCUT2D eigenvalue weighted by atomic mass is 10.1. The van der Waals surface area contributed by atoms with Crippen molar-refractivity contribution in [3.8, 4) is 0 Å². The summed E-state index contributed by atoms with van der Waals surface area (Å²) in [6.07, 6.45) is -1.56. The van der Waals surface area contributed by atoms with Crippen molar-refractivity contribution in [1.82, 2.24) is 20.1 Å². The molecule has 156 valence electrons. The highest BCUT2D eigenvalue weighted by atomic mass is 19.4. The van der Waals surface area contributed by atoms with Gasteiger partial charge in [0.2, 0.25) is 0 Å². The van der Waals surface area contributed by atoms with Crippen LogP contribution in [-0.2, 0) is 23.9 Å². The van der Waals surface area contributed by atoms with Crippen molar-refractivity contribution in [2.75, 3.05) is 13.2 Å². The average molecular weight is 416 g/mol. The van der Waals surface area contributed by atoms with Crippen LogP contribution in [0, 0.1) is 0 Å². The maximum atomic E-state index is 12.6. The van der Waals surface area contributed by atoms with Crippen molar-refractivity contribution in [1.29, 1.82) is 0 Å². The number of carbonyl (C=O) groups is 1. The highest BCUT2D eigenvalue weighted by Crippen LogP contribution is 2.28. The molecule has 1 aliphatic heterocycles. The van der Waals surface area contributed by atoms with E-state index < -0.39 is 23.8 Å². The lowest BCUT2D eigenvalue weighted by molar-refractivity contribution is -0.137. The first-order valence-electron chi connectivity index (χ1n) is 9.43. The molecule has 0 bridgehead atoms. The van der Waals surface area contributed by atoms with Gasteiger partial charge in [-0.25, -0.2) is 0 Å². The predicted molar refractivity (Wildman–Crippen MR) is 102 cm³/mol. The van der Waals surface area contributed by atoms with Gasteiger partial charge in [0.05, 0.1) is 24.4 Å². The van der Waals surface area contributed by atoms with Crippen molar-refractivity contribution in [3.05, 3.63) is 82.9 Å². The zero-order valence-electron chi connectivity index (χ0n) is 15.9. The van der Waals surface area contributed by atoms with E-state index in [-0.39, 0.29) is 12.2 Å². The average Bonchev–Trinajstić information content (AvgIpc) is 3.15. The van der Waals surface area contributed by atoms with Crippen molar-refractivity contribution >= 4 is 5.91 Å². The second kappa shape index (κ2) is 8.27. The molecule has 1 N–H and O–H groups in total. The number of nitrogens with zero attached hydrogens (tertiary/aromatic N) is 3. The Labute approximate surface area is 170 Å². The molecular formula is C21H19F3N4O2. The fourth-order valence-corrected chi connectivity index (χ4v) is 3.31. The van der Waals surface area contributed by atoms with Gasteiger partial charge in [0.1, 0.15) is 11.8 Å². The molecule has 0 radical (unpaired) electrons. The highest BCUT2D eigenvalue weighted by Gasteiger charge is 2.31. The van der Waals surface area contributed by atoms with Gasteiger partial charge in [-0.15, -0.1) is 0 Å². The van der Waals surface area contributed by atoms with Crippen LogP contribution >= 0.6 is 0 Å². The Morgan fingerprint density at radius 1 is 1.20 bits per heavy atom. The van der Waals surface area contributed by atoms with E-state index >= 15 is 0 Å². The minimum Gasteiger partial charge on any atom is -0.370 e. The number of alkyl halides is 3. The van der Waals surface area contributed by atoms with Crippen molar-refractivity contribution in [3.63, 3.8) is 0 Å². The first-order chi connectivity index (χ1) is 14.4. The number of nitrogens with one attached hydrogen (secondary N) is 1. The lowest BCUT2D eigenvalue weighted by Crippen LogP contribution is -2.32. The summed E-state index contributed by atoms with van der Waals surface area (Å²) in [5, 5.41) is 7.29. The molecule has 1 amide bonds. The van der Waals surface area contributed by atoms with Crippen LogP contribution in [0.1, 0.15) is 39.0 Å². The number of benzene rings is 1. The topological polar surface area (TPSA) is 69.0 Å². The fourth-order valence-electron chi connectivity index (χ4n) is 3.31. The van der Waals surface area contributed by atoms with Crippen molar-refractivity contribution in [2.45, 2.75) is 25.2 Å². The van der Waals surface area contributed by atoms with Gasteiger partial charge in [-0.2, -0.15) is 18.3 Å². The van der Waals surface area contributed by atoms with Crippen LogP contribution in [0.4, 0.5) is 13.2 Å². The van der Waals surface area contributed by atoms with E-state index in [2.05, 4.69) is 15.4 Å². The Morgan fingerprint density at radius 3 is 2.70 bits per heavy atom. The number of rotatable bonds is 5. The Hall–Kier alpha value is -3.20. The Morgan fingerprint density at radius 2 is 2.00 bits per heavy atom. The Kier molecular flexibility index (Phi) is 5.54. The minimum absolute atomic E-state index is 0.0892. The van der Waals surface area contributed by atoms with Gasteiger partial charge in [-0.1, -0.05) is 30.3 Å². The molecule has 6 nitrogen and oxygen atoms in total. The first-order valence-corrected chi connectivity index (χ1v) is 9.43. The summed E-state index contributed by atoms with van der Waals surface area (Å²) >= 11 is 0. The lowest BCUT2D eigenvalue weighted by Gasteiger charge is -2.22. The molecule has 3 heterocycles. The molecule has 9 heteroatoms. The molecule has 0 fully saturated rings. The summed E-state index contributed by atoms with van der Waals surface area (Å²) in [6.45, 7) is 1.28. The molecule has 0 spiro atoms. The predicted octanol–water partition coefficient (Wildman–Crippen LogP) is 3.39. The van der Waals surface area contributed by atoms with E-state index in [1.54, 1.807) is 0 Å². The normalized spacial score (nSPS) is 16.2. The number of hydrogen-bond donors (Lipinski definition) is 1. The second-order valence-electron chi connectivity index (χ2n) is 6.97. The van der Waals surface area contributed by atoms with Gasteiger partial charge in [0, 0.05) is 18.9 Å². The molecule has 1 aliphatic rings. The molecule has 0 saturated carbocycles. The zero-order valence-corrected chi connectivity index (χ0v) is 15.9. The van der Waals surface area contributed by atoms with Crippen molar-refractivity contribution < 1.29 is 22.7 Å². The summed E-state index contributed by atoms with van der Waals surface area (Å²) < 4.78 is 45.5. The van der Waals surface area contributed by atoms with Gasteiger partial charge in [-0.3, -0.25) is 14.5 Å². The van der Waals surface area contributed by atoms with E-state index in [1.165, 1.54) is 0 Å². The first kappa shape index (κ1) is 20.1. The van der Waals surface area contributed by atoms with Crippen LogP contribution in [-0.4, -0.2) is 33.8 Å². The quantitative estimate of drug-likeness (QED) is 0.692. The number of ether oxygens (including phenoxy) is 1. The van der Waals surface area contributed by atoms with Crippen LogP contribution < -0.4 is 5.32 Å². The Bertz CT molecular complexity index is 1020. The van der Waals surface area contributed by atoms with Gasteiger partial charge in [0.15, 0.2) is 0 Å². The molecule has 1 aromatic carbocycles. The monoisotopic (exact) mass is 416 g/mol. The highest BCUT2D eigenvalue weighted by molar-refractivity contribution is 5.92. The maximum absolute atomic E-state index is 12.6. The standard InChI is InChI=1S/C21H19F3N4O2/c22-21(23,24)16-6-7-17(25-10-16)20(29)26-11-18-19-15(8-9-30-18)13-28(27-19)12-14-4-2-1-3-5-14/h1-7,10,13,18H,8-9,11-12H2,(H,26,29)/t18-/m0/s1. The summed E-state index contributed by atoms with van der Waals surface area (Å²) in [7, 11) is 0. The smallest absolute Gasteiger partial charge is 0.370 e. The fraction of sp³-hybridized carbons (Fsp3) is 0.286. The second-order valence-corrected chi connectivity index (χ2v) is 6.97. The number of amides is 1. The maximum Gasteiger partial charge on any atom is 0.417 e. The molecular weight excluding hydrogens is 397 g/mol. The molecule has 2 aromatic heterocycles. The van der Waals surface area contributed by atoms with Gasteiger partial charge >= 0.3 is 6.18 Å². The van der Waals surface area contributed by atoms with E-state index in [1.807, 2.05) is 41.2 Å². The summed E-state index contributed by atoms with van der Waals surface area (Å²) in [5.41, 5.74) is 1.95. The molecule has 0 unspecified atom stereocenters. The summed E-state index contributed by atoms with van der Waals surface area (Å²) in [5.74, 6) is -0.567. The van der Waals surface area contributed by atoms with Gasteiger partial charge in [0.25, 0.3) is 5.91 Å². The zero-order chi connectivity index (χ0) is 21.1. The van der Waals surface area contributed by atoms with E-state index in [0.717, 1.165) is 35.4 Å². The van der Waals surface area contributed by atoms with Crippen LogP contribution in [0.25, 0.3) is 0 Å². The van der Waals surface area contributed by atoms with Crippen LogP contribution in [0.15, 0.2) is 54.9 Å². The molecule has 3 aromatic rings.